The maximum absolute atomic E-state index is 15.0. The fraction of sp³-hybridized carbons (Fsp3) is 0.379. The van der Waals surface area contributed by atoms with Crippen molar-refractivity contribution in [1.29, 1.82) is 0 Å². The van der Waals surface area contributed by atoms with Crippen LogP contribution in [0.25, 0.3) is 11.1 Å². The molecule has 1 unspecified atom stereocenters. The molecule has 0 radical (unpaired) electrons. The van der Waals surface area contributed by atoms with E-state index in [0.29, 0.717) is 38.5 Å². The summed E-state index contributed by atoms with van der Waals surface area (Å²) in [6.07, 6.45) is 1.62. The largest absolute Gasteiger partial charge is 0.388 e. The van der Waals surface area contributed by atoms with E-state index in [1.54, 1.807) is 0 Å². The summed E-state index contributed by atoms with van der Waals surface area (Å²) < 4.78 is 87.7. The summed E-state index contributed by atoms with van der Waals surface area (Å²) in [6.45, 7) is 3.22. The highest BCUT2D eigenvalue weighted by Gasteiger charge is 2.30. The SMILES string of the molecule is CCCC(O)c1ccc(C2CCC(c3ccc(-c4ccc(C)c(F)c4F)c(F)c3F)CC2)c(F)c1F. The molecule has 1 nitrogen and oxygen atoms in total. The Kier molecular flexibility index (Phi) is 7.79. The van der Waals surface area contributed by atoms with Crippen molar-refractivity contribution >= 4 is 0 Å². The number of benzene rings is 3. The summed E-state index contributed by atoms with van der Waals surface area (Å²) >= 11 is 0. The number of rotatable bonds is 6. The number of hydrogen-bond donors (Lipinski definition) is 1. The van der Waals surface area contributed by atoms with Crippen molar-refractivity contribution in [3.8, 4) is 11.1 Å². The van der Waals surface area contributed by atoms with Gasteiger partial charge in [0.05, 0.1) is 6.10 Å². The minimum Gasteiger partial charge on any atom is -0.388 e. The standard InChI is InChI=1S/C29H28F6O/c1-3-4-23(36)22-14-12-19(26(32)29(22)35)17-8-6-16(7-9-17)18-11-13-21(28(34)25(18)31)20-10-5-15(2)24(30)27(20)33/h5,10-14,16-17,23,36H,3-4,6-9H2,1-2H3. The van der Waals surface area contributed by atoms with Gasteiger partial charge in [-0.05, 0) is 67.6 Å². The van der Waals surface area contributed by atoms with Gasteiger partial charge in [0.25, 0.3) is 0 Å². The third-order valence-corrected chi connectivity index (χ3v) is 7.35. The predicted molar refractivity (Wildman–Crippen MR) is 127 cm³/mol. The molecule has 0 amide bonds. The lowest BCUT2D eigenvalue weighted by Crippen LogP contribution is -2.16. The number of aliphatic hydroxyl groups is 1. The first-order valence-corrected chi connectivity index (χ1v) is 12.2. The van der Waals surface area contributed by atoms with Gasteiger partial charge in [0.2, 0.25) is 0 Å². The third-order valence-electron chi connectivity index (χ3n) is 7.35. The Balaban J connectivity index is 1.53. The molecule has 0 aliphatic heterocycles. The average molecular weight is 507 g/mol. The number of aryl methyl sites for hydroxylation is 1. The van der Waals surface area contributed by atoms with Crippen LogP contribution in [-0.2, 0) is 0 Å². The summed E-state index contributed by atoms with van der Waals surface area (Å²) in [6, 6.07) is 8.08. The molecule has 1 saturated carbocycles. The van der Waals surface area contributed by atoms with Crippen molar-refractivity contribution < 1.29 is 31.4 Å². The van der Waals surface area contributed by atoms with Crippen molar-refractivity contribution in [2.24, 2.45) is 0 Å². The van der Waals surface area contributed by atoms with Crippen molar-refractivity contribution in [3.05, 3.63) is 93.6 Å². The summed E-state index contributed by atoms with van der Waals surface area (Å²) in [5, 5.41) is 10.1. The zero-order valence-electron chi connectivity index (χ0n) is 20.2. The van der Waals surface area contributed by atoms with Gasteiger partial charge in [-0.2, -0.15) is 0 Å². The highest BCUT2D eigenvalue weighted by Crippen LogP contribution is 2.44. The van der Waals surface area contributed by atoms with E-state index in [9.17, 15) is 27.1 Å². The first-order valence-electron chi connectivity index (χ1n) is 12.2. The van der Waals surface area contributed by atoms with Crippen LogP contribution in [0.3, 0.4) is 0 Å². The van der Waals surface area contributed by atoms with Crippen LogP contribution < -0.4 is 0 Å². The van der Waals surface area contributed by atoms with Gasteiger partial charge in [-0.3, -0.25) is 0 Å². The Morgan fingerprint density at radius 2 is 1.14 bits per heavy atom. The van der Waals surface area contributed by atoms with Crippen LogP contribution >= 0.6 is 0 Å². The number of aliphatic hydroxyl groups excluding tert-OH is 1. The zero-order chi connectivity index (χ0) is 26.1. The molecule has 1 aliphatic rings. The van der Waals surface area contributed by atoms with Gasteiger partial charge >= 0.3 is 0 Å². The molecule has 0 bridgehead atoms. The molecule has 0 spiro atoms. The summed E-state index contributed by atoms with van der Waals surface area (Å²) in [5.41, 5.74) is -0.355. The van der Waals surface area contributed by atoms with Crippen LogP contribution in [0, 0.1) is 41.8 Å². The Bertz CT molecular complexity index is 1260. The van der Waals surface area contributed by atoms with E-state index in [0.717, 1.165) is 0 Å². The summed E-state index contributed by atoms with van der Waals surface area (Å²) in [4.78, 5) is 0. The lowest BCUT2D eigenvalue weighted by molar-refractivity contribution is 0.160. The van der Waals surface area contributed by atoms with Gasteiger partial charge in [0, 0.05) is 16.7 Å². The lowest BCUT2D eigenvalue weighted by atomic mass is 9.75. The molecule has 0 heterocycles. The van der Waals surface area contributed by atoms with Crippen LogP contribution in [-0.4, -0.2) is 5.11 Å². The van der Waals surface area contributed by atoms with Crippen LogP contribution in [0.5, 0.6) is 0 Å². The quantitative estimate of drug-likeness (QED) is 0.331. The number of hydrogen-bond acceptors (Lipinski definition) is 1. The van der Waals surface area contributed by atoms with E-state index in [-0.39, 0.29) is 45.2 Å². The normalized spacial score (nSPS) is 18.9. The van der Waals surface area contributed by atoms with Crippen molar-refractivity contribution in [1.82, 2.24) is 0 Å². The first-order chi connectivity index (χ1) is 17.1. The molecule has 4 rings (SSSR count). The van der Waals surface area contributed by atoms with Gasteiger partial charge in [-0.1, -0.05) is 49.7 Å². The van der Waals surface area contributed by atoms with Gasteiger partial charge in [0.15, 0.2) is 34.9 Å². The van der Waals surface area contributed by atoms with Crippen LogP contribution in [0.4, 0.5) is 26.3 Å². The average Bonchev–Trinajstić information content (AvgIpc) is 2.87. The van der Waals surface area contributed by atoms with E-state index >= 15 is 4.39 Å². The van der Waals surface area contributed by atoms with Gasteiger partial charge in [0.1, 0.15) is 0 Å². The van der Waals surface area contributed by atoms with Crippen LogP contribution in [0.15, 0.2) is 36.4 Å². The van der Waals surface area contributed by atoms with Crippen LogP contribution in [0.2, 0.25) is 0 Å². The Hall–Kier alpha value is -2.80. The zero-order valence-corrected chi connectivity index (χ0v) is 20.2. The Morgan fingerprint density at radius 1 is 0.667 bits per heavy atom. The molecule has 1 N–H and O–H groups in total. The molecule has 3 aromatic carbocycles. The molecule has 3 aromatic rings. The van der Waals surface area contributed by atoms with Gasteiger partial charge in [-0.15, -0.1) is 0 Å². The molecule has 0 aromatic heterocycles. The number of halogens is 6. The van der Waals surface area contributed by atoms with E-state index in [1.165, 1.54) is 43.3 Å². The first kappa shape index (κ1) is 26.3. The smallest absolute Gasteiger partial charge is 0.167 e. The minimum atomic E-state index is -1.24. The maximum atomic E-state index is 15.0. The lowest BCUT2D eigenvalue weighted by Gasteiger charge is -2.30. The van der Waals surface area contributed by atoms with E-state index in [2.05, 4.69) is 0 Å². The van der Waals surface area contributed by atoms with Crippen molar-refractivity contribution in [3.63, 3.8) is 0 Å². The fourth-order valence-corrected chi connectivity index (χ4v) is 5.24. The summed E-state index contributed by atoms with van der Waals surface area (Å²) in [5.74, 6) is -7.34. The predicted octanol–water partition coefficient (Wildman–Crippen LogP) is 8.77. The molecule has 7 heteroatoms. The molecule has 1 fully saturated rings. The highest BCUT2D eigenvalue weighted by molar-refractivity contribution is 5.66. The van der Waals surface area contributed by atoms with Crippen molar-refractivity contribution in [2.45, 2.75) is 70.3 Å². The van der Waals surface area contributed by atoms with E-state index in [1.807, 2.05) is 6.92 Å². The molecule has 0 saturated heterocycles. The minimum absolute atomic E-state index is 0.0608. The molecule has 36 heavy (non-hydrogen) atoms. The fourth-order valence-electron chi connectivity index (χ4n) is 5.24. The molecular weight excluding hydrogens is 478 g/mol. The van der Waals surface area contributed by atoms with E-state index < -0.39 is 41.0 Å². The van der Waals surface area contributed by atoms with Gasteiger partial charge < -0.3 is 5.11 Å². The molecular formula is C29H28F6O. The third kappa shape index (κ3) is 4.77. The topological polar surface area (TPSA) is 20.2 Å². The molecule has 192 valence electrons. The Morgan fingerprint density at radius 3 is 1.69 bits per heavy atom. The second-order valence-corrected chi connectivity index (χ2v) is 9.61. The monoisotopic (exact) mass is 506 g/mol. The van der Waals surface area contributed by atoms with Crippen LogP contribution in [0.1, 0.15) is 85.6 Å². The van der Waals surface area contributed by atoms with Gasteiger partial charge in [-0.25, -0.2) is 26.3 Å². The second-order valence-electron chi connectivity index (χ2n) is 9.61. The van der Waals surface area contributed by atoms with Crippen molar-refractivity contribution in [2.75, 3.05) is 0 Å². The second kappa shape index (κ2) is 10.7. The van der Waals surface area contributed by atoms with E-state index in [4.69, 9.17) is 0 Å². The molecule has 1 atom stereocenters. The highest BCUT2D eigenvalue weighted by atomic mass is 19.2. The molecule has 1 aliphatic carbocycles. The Labute approximate surface area is 206 Å². The summed E-state index contributed by atoms with van der Waals surface area (Å²) in [7, 11) is 0. The maximum Gasteiger partial charge on any atom is 0.167 e.